The Bertz CT molecular complexity index is 605. The molecule has 118 valence electrons. The highest BCUT2D eigenvalue weighted by molar-refractivity contribution is 9.11. The van der Waals surface area contributed by atoms with Gasteiger partial charge in [-0.15, -0.1) is 11.3 Å². The Labute approximate surface area is 144 Å². The fraction of sp³-hybridized carbons (Fsp3) is 0.353. The van der Waals surface area contributed by atoms with Gasteiger partial charge in [-0.1, -0.05) is 38.1 Å². The van der Waals surface area contributed by atoms with Gasteiger partial charge in [0.2, 0.25) is 0 Å². The molecule has 3 nitrogen and oxygen atoms in total. The molecule has 1 N–H and O–H groups in total. The molecular formula is C17H21BrN2OS. The highest BCUT2D eigenvalue weighted by Gasteiger charge is 2.08. The van der Waals surface area contributed by atoms with E-state index in [1.165, 1.54) is 16.9 Å². The summed E-state index contributed by atoms with van der Waals surface area (Å²) in [4.78, 5) is 15.1. The number of nitrogens with one attached hydrogen (secondary N) is 1. The van der Waals surface area contributed by atoms with E-state index in [1.807, 2.05) is 12.1 Å². The summed E-state index contributed by atoms with van der Waals surface area (Å²) < 4.78 is 0.971. The van der Waals surface area contributed by atoms with E-state index < -0.39 is 0 Å². The molecule has 0 aliphatic carbocycles. The predicted molar refractivity (Wildman–Crippen MR) is 96.3 cm³/mol. The van der Waals surface area contributed by atoms with Crippen LogP contribution in [-0.2, 0) is 13.1 Å². The molecule has 2 aromatic rings. The van der Waals surface area contributed by atoms with Gasteiger partial charge < -0.3 is 5.32 Å². The number of amides is 1. The van der Waals surface area contributed by atoms with E-state index in [1.54, 1.807) is 0 Å². The third-order valence-electron chi connectivity index (χ3n) is 3.57. The maximum absolute atomic E-state index is 12.0. The van der Waals surface area contributed by atoms with Crippen LogP contribution in [0.5, 0.6) is 0 Å². The van der Waals surface area contributed by atoms with Gasteiger partial charge in [0.1, 0.15) is 0 Å². The lowest BCUT2D eigenvalue weighted by atomic mass is 10.1. The minimum atomic E-state index is -0.0251. The van der Waals surface area contributed by atoms with Crippen LogP contribution < -0.4 is 5.32 Å². The van der Waals surface area contributed by atoms with Crippen LogP contribution in [0.25, 0.3) is 0 Å². The van der Waals surface area contributed by atoms with Crippen molar-refractivity contribution in [2.75, 3.05) is 13.1 Å². The van der Waals surface area contributed by atoms with Crippen molar-refractivity contribution < 1.29 is 4.79 Å². The van der Waals surface area contributed by atoms with E-state index in [0.29, 0.717) is 6.54 Å². The molecule has 1 aromatic carbocycles. The van der Waals surface area contributed by atoms with E-state index in [4.69, 9.17) is 0 Å². The molecule has 1 heterocycles. The lowest BCUT2D eigenvalue weighted by Gasteiger charge is -2.18. The predicted octanol–water partition coefficient (Wildman–Crippen LogP) is 4.28. The van der Waals surface area contributed by atoms with Crippen molar-refractivity contribution in [1.29, 1.82) is 0 Å². The fourth-order valence-corrected chi connectivity index (χ4v) is 3.48. The highest BCUT2D eigenvalue weighted by atomic mass is 79.9. The molecule has 0 bridgehead atoms. The van der Waals surface area contributed by atoms with Gasteiger partial charge in [-0.2, -0.15) is 0 Å². The van der Waals surface area contributed by atoms with Crippen LogP contribution in [0.2, 0.25) is 0 Å². The third-order valence-corrected chi connectivity index (χ3v) is 5.20. The lowest BCUT2D eigenvalue weighted by Crippen LogP contribution is -2.22. The van der Waals surface area contributed by atoms with Crippen LogP contribution in [0.1, 0.15) is 34.6 Å². The molecule has 1 amide bonds. The molecule has 1 aromatic heterocycles. The van der Waals surface area contributed by atoms with Crippen molar-refractivity contribution in [2.24, 2.45) is 0 Å². The summed E-state index contributed by atoms with van der Waals surface area (Å²) in [6.45, 7) is 8.00. The molecule has 0 unspecified atom stereocenters. The first-order valence-electron chi connectivity index (χ1n) is 7.46. The normalized spacial score (nSPS) is 10.9. The number of carbonyl (C=O) groups is 1. The Morgan fingerprint density at radius 3 is 2.27 bits per heavy atom. The molecule has 0 spiro atoms. The maximum atomic E-state index is 12.0. The van der Waals surface area contributed by atoms with Crippen molar-refractivity contribution in [1.82, 2.24) is 10.2 Å². The van der Waals surface area contributed by atoms with Gasteiger partial charge in [-0.25, -0.2) is 0 Å². The first-order chi connectivity index (χ1) is 10.6. The van der Waals surface area contributed by atoms with Gasteiger partial charge in [0, 0.05) is 13.1 Å². The van der Waals surface area contributed by atoms with Gasteiger partial charge in [0.25, 0.3) is 5.91 Å². The second-order valence-corrected chi connectivity index (χ2v) is 7.53. The van der Waals surface area contributed by atoms with Crippen molar-refractivity contribution >= 4 is 33.2 Å². The Morgan fingerprint density at radius 1 is 1.09 bits per heavy atom. The topological polar surface area (TPSA) is 32.3 Å². The maximum Gasteiger partial charge on any atom is 0.261 e. The van der Waals surface area contributed by atoms with Crippen molar-refractivity contribution in [3.63, 3.8) is 0 Å². The first-order valence-corrected chi connectivity index (χ1v) is 9.07. The largest absolute Gasteiger partial charge is 0.347 e. The molecule has 0 aliphatic heterocycles. The monoisotopic (exact) mass is 380 g/mol. The average molecular weight is 381 g/mol. The number of thiophene rings is 1. The Balaban J connectivity index is 1.87. The summed E-state index contributed by atoms with van der Waals surface area (Å²) >= 11 is 4.81. The molecular weight excluding hydrogens is 360 g/mol. The second-order valence-electron chi connectivity index (χ2n) is 5.06. The van der Waals surface area contributed by atoms with E-state index in [9.17, 15) is 4.79 Å². The fourth-order valence-electron chi connectivity index (χ4n) is 2.17. The Morgan fingerprint density at radius 2 is 1.73 bits per heavy atom. The molecule has 0 saturated heterocycles. The van der Waals surface area contributed by atoms with E-state index >= 15 is 0 Å². The third kappa shape index (κ3) is 4.93. The Kier molecular flexibility index (Phi) is 6.61. The zero-order valence-electron chi connectivity index (χ0n) is 12.9. The van der Waals surface area contributed by atoms with Gasteiger partial charge in [-0.05, 0) is 52.3 Å². The van der Waals surface area contributed by atoms with Crippen molar-refractivity contribution in [3.8, 4) is 0 Å². The van der Waals surface area contributed by atoms with Gasteiger partial charge in [0.05, 0.1) is 8.66 Å². The van der Waals surface area contributed by atoms with Crippen LogP contribution in [0.4, 0.5) is 0 Å². The number of halogens is 1. The van der Waals surface area contributed by atoms with Gasteiger partial charge in [-0.3, -0.25) is 9.69 Å². The van der Waals surface area contributed by atoms with Crippen LogP contribution in [0.3, 0.4) is 0 Å². The van der Waals surface area contributed by atoms with Crippen molar-refractivity contribution in [3.05, 3.63) is 56.2 Å². The van der Waals surface area contributed by atoms with E-state index in [2.05, 4.69) is 64.3 Å². The molecule has 0 fully saturated rings. The molecule has 22 heavy (non-hydrogen) atoms. The first kappa shape index (κ1) is 17.2. The Hall–Kier alpha value is -1.17. The zero-order chi connectivity index (χ0) is 15.9. The number of hydrogen-bond donors (Lipinski definition) is 1. The standard InChI is InChI=1S/C17H21BrN2OS/c1-3-20(4-2)12-14-7-5-13(6-8-14)11-19-17(21)15-9-10-16(18)22-15/h5-10H,3-4,11-12H2,1-2H3,(H,19,21). The summed E-state index contributed by atoms with van der Waals surface area (Å²) in [6, 6.07) is 12.2. The second kappa shape index (κ2) is 8.46. The summed E-state index contributed by atoms with van der Waals surface area (Å²) in [6.07, 6.45) is 0. The van der Waals surface area contributed by atoms with Crippen molar-refractivity contribution in [2.45, 2.75) is 26.9 Å². The van der Waals surface area contributed by atoms with Gasteiger partial charge in [0.15, 0.2) is 0 Å². The number of benzene rings is 1. The molecule has 2 rings (SSSR count). The highest BCUT2D eigenvalue weighted by Crippen LogP contribution is 2.21. The minimum Gasteiger partial charge on any atom is -0.347 e. The quantitative estimate of drug-likeness (QED) is 0.776. The van der Waals surface area contributed by atoms with Gasteiger partial charge >= 0.3 is 0 Å². The van der Waals surface area contributed by atoms with Crippen LogP contribution in [0, 0.1) is 0 Å². The zero-order valence-corrected chi connectivity index (χ0v) is 15.3. The number of nitrogens with zero attached hydrogens (tertiary/aromatic N) is 1. The summed E-state index contributed by atoms with van der Waals surface area (Å²) in [7, 11) is 0. The molecule has 0 aliphatic rings. The number of carbonyl (C=O) groups excluding carboxylic acids is 1. The van der Waals surface area contributed by atoms with Crippen LogP contribution in [-0.4, -0.2) is 23.9 Å². The summed E-state index contributed by atoms with van der Waals surface area (Å²) in [5, 5.41) is 2.95. The molecule has 0 radical (unpaired) electrons. The summed E-state index contributed by atoms with van der Waals surface area (Å²) in [5.41, 5.74) is 2.42. The lowest BCUT2D eigenvalue weighted by molar-refractivity contribution is 0.0955. The SMILES string of the molecule is CCN(CC)Cc1ccc(CNC(=O)c2ccc(Br)s2)cc1. The molecule has 5 heteroatoms. The van der Waals surface area contributed by atoms with E-state index in [-0.39, 0.29) is 5.91 Å². The average Bonchev–Trinajstić information content (AvgIpc) is 2.98. The van der Waals surface area contributed by atoms with Crippen LogP contribution >= 0.6 is 27.3 Å². The summed E-state index contributed by atoms with van der Waals surface area (Å²) in [5.74, 6) is -0.0251. The molecule has 0 atom stereocenters. The molecule has 0 saturated carbocycles. The minimum absolute atomic E-state index is 0.0251. The van der Waals surface area contributed by atoms with E-state index in [0.717, 1.165) is 33.9 Å². The van der Waals surface area contributed by atoms with Crippen LogP contribution in [0.15, 0.2) is 40.2 Å². The number of rotatable bonds is 7. The number of hydrogen-bond acceptors (Lipinski definition) is 3. The smallest absolute Gasteiger partial charge is 0.261 e.